The molecule has 1 N–H and O–H groups in total. The van der Waals surface area contributed by atoms with E-state index >= 15 is 0 Å². The molecule has 3 aromatic rings. The van der Waals surface area contributed by atoms with Crippen molar-refractivity contribution in [3.05, 3.63) is 53.3 Å². The lowest BCUT2D eigenvalue weighted by atomic mass is 10.2. The van der Waals surface area contributed by atoms with E-state index in [1.165, 1.54) is 12.8 Å². The van der Waals surface area contributed by atoms with Gasteiger partial charge in [-0.2, -0.15) is 11.8 Å². The first-order chi connectivity index (χ1) is 13.7. The van der Waals surface area contributed by atoms with Crippen molar-refractivity contribution in [3.63, 3.8) is 0 Å². The Kier molecular flexibility index (Phi) is 5.78. The van der Waals surface area contributed by atoms with Crippen LogP contribution in [0.4, 0.5) is 11.4 Å². The zero-order valence-electron chi connectivity index (χ0n) is 15.8. The van der Waals surface area contributed by atoms with E-state index in [0.717, 1.165) is 47.1 Å². The Morgan fingerprint density at radius 2 is 2.00 bits per heavy atom. The van der Waals surface area contributed by atoms with Crippen molar-refractivity contribution >= 4 is 51.7 Å². The van der Waals surface area contributed by atoms with Crippen LogP contribution in [-0.4, -0.2) is 34.8 Å². The van der Waals surface area contributed by atoms with Gasteiger partial charge in [0.25, 0.3) is 0 Å². The molecule has 7 heteroatoms. The standard InChI is InChI=1S/C21H23ClN4OS/c1-28-14-20-23-16-6-2-3-7-19(16)26(20)13-21(27)24-17-12-15(22)8-9-18(17)25-10-4-5-11-25/h2-3,6-9,12H,4-5,10-11,13-14H2,1H3,(H,24,27). The number of imidazole rings is 1. The number of fused-ring (bicyclic) bond motifs is 1. The van der Waals surface area contributed by atoms with Gasteiger partial charge in [-0.1, -0.05) is 23.7 Å². The molecule has 2 aromatic carbocycles. The first-order valence-corrected chi connectivity index (χ1v) is 11.2. The van der Waals surface area contributed by atoms with E-state index in [0.29, 0.717) is 5.02 Å². The topological polar surface area (TPSA) is 50.2 Å². The molecule has 1 aromatic heterocycles. The number of amides is 1. The zero-order chi connectivity index (χ0) is 19.5. The minimum Gasteiger partial charge on any atom is -0.370 e. The predicted molar refractivity (Wildman–Crippen MR) is 118 cm³/mol. The van der Waals surface area contributed by atoms with Crippen molar-refractivity contribution in [1.82, 2.24) is 9.55 Å². The smallest absolute Gasteiger partial charge is 0.244 e. The number of para-hydroxylation sites is 2. The summed E-state index contributed by atoms with van der Waals surface area (Å²) in [6, 6.07) is 13.6. The molecule has 2 heterocycles. The van der Waals surface area contributed by atoms with E-state index < -0.39 is 0 Å². The largest absolute Gasteiger partial charge is 0.370 e. The molecule has 0 radical (unpaired) electrons. The van der Waals surface area contributed by atoms with Gasteiger partial charge in [-0.05, 0) is 49.4 Å². The molecule has 5 nitrogen and oxygen atoms in total. The summed E-state index contributed by atoms with van der Waals surface area (Å²) in [6.45, 7) is 2.24. The van der Waals surface area contributed by atoms with E-state index in [2.05, 4.69) is 15.2 Å². The van der Waals surface area contributed by atoms with Crippen molar-refractivity contribution in [1.29, 1.82) is 0 Å². The number of carbonyl (C=O) groups is 1. The third kappa shape index (κ3) is 3.98. The number of halogens is 1. The van der Waals surface area contributed by atoms with Gasteiger partial charge in [0.1, 0.15) is 12.4 Å². The van der Waals surface area contributed by atoms with Gasteiger partial charge < -0.3 is 14.8 Å². The summed E-state index contributed by atoms with van der Waals surface area (Å²) in [4.78, 5) is 19.9. The summed E-state index contributed by atoms with van der Waals surface area (Å²) in [5, 5.41) is 3.70. The van der Waals surface area contributed by atoms with Crippen LogP contribution in [0.2, 0.25) is 5.02 Å². The van der Waals surface area contributed by atoms with Crippen LogP contribution in [0.15, 0.2) is 42.5 Å². The van der Waals surface area contributed by atoms with Crippen LogP contribution in [0.3, 0.4) is 0 Å². The van der Waals surface area contributed by atoms with Crippen LogP contribution >= 0.6 is 23.4 Å². The number of rotatable bonds is 6. The molecule has 28 heavy (non-hydrogen) atoms. The summed E-state index contributed by atoms with van der Waals surface area (Å²) in [6.07, 6.45) is 4.39. The molecular formula is C21H23ClN4OS. The summed E-state index contributed by atoms with van der Waals surface area (Å²) in [7, 11) is 0. The number of thioether (sulfide) groups is 1. The molecule has 1 aliphatic rings. The number of hydrogen-bond acceptors (Lipinski definition) is 4. The maximum absolute atomic E-state index is 12.9. The molecule has 0 aliphatic carbocycles. The minimum atomic E-state index is -0.0757. The van der Waals surface area contributed by atoms with E-state index in [-0.39, 0.29) is 12.5 Å². The van der Waals surface area contributed by atoms with Gasteiger partial charge in [0.05, 0.1) is 28.2 Å². The fourth-order valence-electron chi connectivity index (χ4n) is 3.72. The fourth-order valence-corrected chi connectivity index (χ4v) is 4.37. The quantitative estimate of drug-likeness (QED) is 0.629. The Labute approximate surface area is 174 Å². The van der Waals surface area contributed by atoms with Crippen LogP contribution in [0.5, 0.6) is 0 Å². The average molecular weight is 415 g/mol. The monoisotopic (exact) mass is 414 g/mol. The zero-order valence-corrected chi connectivity index (χ0v) is 17.4. The molecule has 0 saturated carbocycles. The van der Waals surface area contributed by atoms with Crippen LogP contribution in [-0.2, 0) is 17.1 Å². The average Bonchev–Trinajstić information content (AvgIpc) is 3.31. The molecule has 1 fully saturated rings. The van der Waals surface area contributed by atoms with Gasteiger partial charge in [-0.15, -0.1) is 0 Å². The minimum absolute atomic E-state index is 0.0757. The lowest BCUT2D eigenvalue weighted by Gasteiger charge is -2.22. The first-order valence-electron chi connectivity index (χ1n) is 9.43. The third-order valence-corrected chi connectivity index (χ3v) is 5.77. The van der Waals surface area contributed by atoms with E-state index in [9.17, 15) is 4.79 Å². The van der Waals surface area contributed by atoms with Crippen LogP contribution in [0.25, 0.3) is 11.0 Å². The van der Waals surface area contributed by atoms with Gasteiger partial charge >= 0.3 is 0 Å². The van der Waals surface area contributed by atoms with E-state index in [1.807, 2.05) is 53.3 Å². The Hall–Kier alpha value is -2.18. The van der Waals surface area contributed by atoms with Gasteiger partial charge in [-0.25, -0.2) is 4.98 Å². The van der Waals surface area contributed by atoms with Crippen molar-refractivity contribution in [2.24, 2.45) is 0 Å². The normalized spacial score (nSPS) is 14.0. The second-order valence-electron chi connectivity index (χ2n) is 6.94. The van der Waals surface area contributed by atoms with Crippen molar-refractivity contribution in [3.8, 4) is 0 Å². The number of nitrogens with one attached hydrogen (secondary N) is 1. The van der Waals surface area contributed by atoms with Crippen molar-refractivity contribution in [2.75, 3.05) is 29.6 Å². The SMILES string of the molecule is CSCc1nc2ccccc2n1CC(=O)Nc1cc(Cl)ccc1N1CCCC1. The summed E-state index contributed by atoms with van der Waals surface area (Å²) >= 11 is 7.90. The lowest BCUT2D eigenvalue weighted by Crippen LogP contribution is -2.23. The van der Waals surface area contributed by atoms with Crippen LogP contribution in [0, 0.1) is 0 Å². The maximum Gasteiger partial charge on any atom is 0.244 e. The van der Waals surface area contributed by atoms with Crippen LogP contribution < -0.4 is 10.2 Å². The lowest BCUT2D eigenvalue weighted by molar-refractivity contribution is -0.116. The van der Waals surface area contributed by atoms with E-state index in [1.54, 1.807) is 11.8 Å². The number of hydrogen-bond donors (Lipinski definition) is 1. The Balaban J connectivity index is 1.60. The number of carbonyl (C=O) groups excluding carboxylic acids is 1. The molecule has 1 saturated heterocycles. The molecule has 1 aliphatic heterocycles. The summed E-state index contributed by atoms with van der Waals surface area (Å²) < 4.78 is 2.00. The van der Waals surface area contributed by atoms with E-state index in [4.69, 9.17) is 11.6 Å². The second kappa shape index (κ2) is 8.45. The molecule has 0 atom stereocenters. The molecule has 4 rings (SSSR count). The fraction of sp³-hybridized carbons (Fsp3) is 0.333. The molecule has 146 valence electrons. The molecule has 0 unspecified atom stereocenters. The Bertz CT molecular complexity index is 997. The van der Waals surface area contributed by atoms with Crippen molar-refractivity contribution < 1.29 is 4.79 Å². The number of anilines is 2. The molecule has 0 bridgehead atoms. The Morgan fingerprint density at radius 3 is 2.79 bits per heavy atom. The van der Waals surface area contributed by atoms with Gasteiger partial charge in [0, 0.05) is 18.1 Å². The third-order valence-electron chi connectivity index (χ3n) is 4.99. The highest BCUT2D eigenvalue weighted by molar-refractivity contribution is 7.97. The maximum atomic E-state index is 12.9. The number of benzene rings is 2. The highest BCUT2D eigenvalue weighted by Gasteiger charge is 2.19. The van der Waals surface area contributed by atoms with Crippen LogP contribution in [0.1, 0.15) is 18.7 Å². The Morgan fingerprint density at radius 1 is 1.21 bits per heavy atom. The molecular weight excluding hydrogens is 392 g/mol. The van der Waals surface area contributed by atoms with Gasteiger partial charge in [-0.3, -0.25) is 4.79 Å². The van der Waals surface area contributed by atoms with Crippen molar-refractivity contribution in [2.45, 2.75) is 25.1 Å². The second-order valence-corrected chi connectivity index (χ2v) is 8.24. The van der Waals surface area contributed by atoms with Gasteiger partial charge in [0.15, 0.2) is 0 Å². The predicted octanol–water partition coefficient (Wildman–Crippen LogP) is 4.79. The summed E-state index contributed by atoms with van der Waals surface area (Å²) in [5.74, 6) is 1.60. The number of aromatic nitrogens is 2. The van der Waals surface area contributed by atoms with Gasteiger partial charge in [0.2, 0.25) is 5.91 Å². The highest BCUT2D eigenvalue weighted by Crippen LogP contribution is 2.31. The first kappa shape index (κ1) is 19.2. The number of nitrogens with zero attached hydrogens (tertiary/aromatic N) is 3. The molecule has 1 amide bonds. The highest BCUT2D eigenvalue weighted by atomic mass is 35.5. The summed E-state index contributed by atoms with van der Waals surface area (Å²) in [5.41, 5.74) is 3.71. The molecule has 0 spiro atoms.